The number of carbonyl (C=O) groups is 2. The van der Waals surface area contributed by atoms with Crippen molar-refractivity contribution < 1.29 is 27.9 Å². The van der Waals surface area contributed by atoms with E-state index in [1.807, 2.05) is 24.4 Å². The maximum atomic E-state index is 15.3. The first-order valence-corrected chi connectivity index (χ1v) is 21.0. The van der Waals surface area contributed by atoms with Crippen LogP contribution < -0.4 is 21.2 Å². The number of nitrogens with one attached hydrogen (secondary N) is 2. The lowest BCUT2D eigenvalue weighted by molar-refractivity contribution is 0.0709. The number of hydroxylamine groups is 1. The molecule has 4 aromatic heterocycles. The van der Waals surface area contributed by atoms with Crippen LogP contribution in [0, 0.1) is 38.3 Å². The predicted molar refractivity (Wildman–Crippen MR) is 230 cm³/mol. The van der Waals surface area contributed by atoms with E-state index in [9.17, 15) is 14.0 Å². The molecule has 1 aliphatic carbocycles. The first-order chi connectivity index (χ1) is 30.3. The van der Waals surface area contributed by atoms with Gasteiger partial charge in [0.25, 0.3) is 5.91 Å². The molecular weight excluding hydrogens is 809 g/mol. The van der Waals surface area contributed by atoms with Gasteiger partial charge in [0, 0.05) is 59.8 Å². The summed E-state index contributed by atoms with van der Waals surface area (Å²) in [6, 6.07) is 17.7. The summed E-state index contributed by atoms with van der Waals surface area (Å²) < 4.78 is 41.4. The average Bonchev–Trinajstić information content (AvgIpc) is 3.76. The fourth-order valence-corrected chi connectivity index (χ4v) is 9.73. The molecule has 0 bridgehead atoms. The molecule has 2 fully saturated rings. The van der Waals surface area contributed by atoms with Crippen molar-refractivity contribution in [3.05, 3.63) is 141 Å². The molecule has 1 saturated carbocycles. The van der Waals surface area contributed by atoms with Gasteiger partial charge in [-0.2, -0.15) is 5.10 Å². The summed E-state index contributed by atoms with van der Waals surface area (Å²) in [5.74, 6) is -0.748. The van der Waals surface area contributed by atoms with Gasteiger partial charge in [0.05, 0.1) is 36.3 Å². The molecule has 3 aliphatic rings. The monoisotopic (exact) mass is 853 g/mol. The molecule has 3 aromatic carbocycles. The van der Waals surface area contributed by atoms with Gasteiger partial charge in [-0.05, 0) is 116 Å². The molecule has 322 valence electrons. The molecule has 63 heavy (non-hydrogen) atoms. The van der Waals surface area contributed by atoms with Crippen molar-refractivity contribution >= 4 is 22.9 Å². The Morgan fingerprint density at radius 2 is 1.75 bits per heavy atom. The Hall–Kier alpha value is -7.07. The number of halogens is 2. The van der Waals surface area contributed by atoms with Gasteiger partial charge in [-0.1, -0.05) is 19.9 Å². The number of amides is 2. The Labute approximate surface area is 360 Å². The Morgan fingerprint density at radius 3 is 2.43 bits per heavy atom. The van der Waals surface area contributed by atoms with Crippen LogP contribution >= 0.6 is 0 Å². The molecule has 2 N–H and O–H groups in total. The fourth-order valence-electron chi connectivity index (χ4n) is 9.73. The lowest BCUT2D eigenvalue weighted by atomic mass is 9.98. The molecule has 16 heteroatoms. The highest BCUT2D eigenvalue weighted by atomic mass is 19.1. The Morgan fingerprint density at radius 1 is 0.984 bits per heavy atom. The minimum atomic E-state index is -0.727. The third kappa shape index (κ3) is 6.25. The van der Waals surface area contributed by atoms with Crippen molar-refractivity contribution in [2.45, 2.75) is 72.1 Å². The topological polar surface area (TPSA) is 142 Å². The zero-order chi connectivity index (χ0) is 44.1. The average molecular weight is 854 g/mol. The van der Waals surface area contributed by atoms with Crippen LogP contribution in [0.4, 0.5) is 13.6 Å². The molecule has 1 unspecified atom stereocenters. The molecule has 1 saturated heterocycles. The molecule has 6 heterocycles. The van der Waals surface area contributed by atoms with Gasteiger partial charge in [0.2, 0.25) is 0 Å². The van der Waals surface area contributed by atoms with E-state index in [2.05, 4.69) is 53.3 Å². The van der Waals surface area contributed by atoms with E-state index in [-0.39, 0.29) is 35.6 Å². The van der Waals surface area contributed by atoms with E-state index in [0.717, 1.165) is 39.7 Å². The summed E-state index contributed by atoms with van der Waals surface area (Å²) in [6.07, 6.45) is 5.57. The lowest BCUT2D eigenvalue weighted by Gasteiger charge is -2.31. The maximum absolute atomic E-state index is 15.3. The van der Waals surface area contributed by atoms with Crippen LogP contribution in [0.15, 0.2) is 84.0 Å². The second-order valence-corrected chi connectivity index (χ2v) is 16.8. The number of fused-ring (bicyclic) bond motifs is 2. The van der Waals surface area contributed by atoms with E-state index >= 15 is 9.18 Å². The molecule has 0 radical (unpaired) electrons. The minimum Gasteiger partial charge on any atom is -0.494 e. The van der Waals surface area contributed by atoms with Gasteiger partial charge in [-0.25, -0.2) is 23.1 Å². The first-order valence-electron chi connectivity index (χ1n) is 21.0. The number of hydrogen-bond donors (Lipinski definition) is 2. The number of benzene rings is 3. The fraction of sp³-hybridized carbons (Fsp3) is 0.298. The highest BCUT2D eigenvalue weighted by Crippen LogP contribution is 2.55. The van der Waals surface area contributed by atoms with Crippen LogP contribution in [0.2, 0.25) is 0 Å². The zero-order valence-corrected chi connectivity index (χ0v) is 35.6. The number of ether oxygens (including phenoxy) is 1. The number of pyridine rings is 1. The van der Waals surface area contributed by atoms with Gasteiger partial charge < -0.3 is 19.0 Å². The van der Waals surface area contributed by atoms with Crippen LogP contribution in [-0.2, 0) is 29.8 Å². The van der Waals surface area contributed by atoms with Gasteiger partial charge >= 0.3 is 11.8 Å². The Bertz CT molecular complexity index is 3090. The number of aryl methyl sites for hydroxylation is 3. The highest BCUT2D eigenvalue weighted by molar-refractivity contribution is 6.00. The Balaban J connectivity index is 1.10. The summed E-state index contributed by atoms with van der Waals surface area (Å²) in [6.45, 7) is 9.99. The molecule has 14 nitrogen and oxygen atoms in total. The van der Waals surface area contributed by atoms with Crippen molar-refractivity contribution in [2.24, 2.45) is 5.92 Å². The largest absolute Gasteiger partial charge is 0.494 e. The number of rotatable bonds is 9. The van der Waals surface area contributed by atoms with Crippen LogP contribution in [0.5, 0.6) is 5.75 Å². The smallest absolute Gasteiger partial charge is 0.427 e. The molecule has 10 rings (SSSR count). The predicted octanol–water partition coefficient (Wildman–Crippen LogP) is 7.11. The number of hydrogen-bond acceptors (Lipinski definition) is 8. The van der Waals surface area contributed by atoms with Gasteiger partial charge in [-0.15, -0.1) is 5.48 Å². The van der Waals surface area contributed by atoms with Crippen LogP contribution in [0.25, 0.3) is 39.2 Å². The number of aromatic nitrogens is 6. The van der Waals surface area contributed by atoms with Crippen molar-refractivity contribution in [2.75, 3.05) is 13.7 Å². The van der Waals surface area contributed by atoms with E-state index in [1.165, 1.54) is 28.4 Å². The van der Waals surface area contributed by atoms with E-state index in [4.69, 9.17) is 14.7 Å². The molecule has 2 amide bonds. The number of carbonyl (C=O) groups excluding carboxylic acids is 2. The van der Waals surface area contributed by atoms with Crippen molar-refractivity contribution in [1.29, 1.82) is 0 Å². The van der Waals surface area contributed by atoms with Crippen molar-refractivity contribution in [1.82, 2.24) is 44.2 Å². The van der Waals surface area contributed by atoms with Crippen LogP contribution in [0.1, 0.15) is 64.4 Å². The van der Waals surface area contributed by atoms with Crippen LogP contribution in [-0.4, -0.2) is 65.2 Å². The summed E-state index contributed by atoms with van der Waals surface area (Å²) in [5.41, 5.74) is 9.99. The van der Waals surface area contributed by atoms with E-state index in [1.54, 1.807) is 54.0 Å². The summed E-state index contributed by atoms with van der Waals surface area (Å²) in [5, 5.41) is 8.77. The normalized spacial score (nSPS) is 19.3. The quantitative estimate of drug-likeness (QED) is 0.157. The summed E-state index contributed by atoms with van der Waals surface area (Å²) in [7, 11) is 1.37. The standard InChI is InChI=1S/C47H45F2N9O5/c1-7-36-28(5)33(12-14-50-36)29-8-10-38-30(20-29)21-39(57(38)47(23-27(47)4)44-51-45(60)63-53-44)43(59)54-15-13-37-34(24-54)42(58(52-37)32-18-25(2)41(49)26(3)19-32)56-17-16-55(46(56)61)31-9-11-40(62-6)35(48)22-31/h8-12,14,16-22,27,44,53H,7,13,15,23-24H2,1-6H3,(H,51,60)/t27-,44?,47-/m0/s1. The van der Waals surface area contributed by atoms with Gasteiger partial charge in [0.15, 0.2) is 11.6 Å². The van der Waals surface area contributed by atoms with Crippen LogP contribution in [0.3, 0.4) is 0 Å². The van der Waals surface area contributed by atoms with E-state index in [0.29, 0.717) is 59.0 Å². The number of methoxy groups -OCH3 is 1. The van der Waals surface area contributed by atoms with E-state index < -0.39 is 29.3 Å². The Kier molecular flexibility index (Phi) is 9.40. The SMILES string of the molecule is CCc1nccc(-c2ccc3c(c2)cc(C(=O)N2CCc4nn(-c5cc(C)c(F)c(C)c5)c(-n5ccn(-c6ccc(OC)c(F)c6)c5=O)c4C2)n3[C@@]2(C3NOC(=O)N3)C[C@@H]2C)c1C. The van der Waals surface area contributed by atoms with Gasteiger partial charge in [-0.3, -0.25) is 24.2 Å². The highest BCUT2D eigenvalue weighted by Gasteiger charge is 2.62. The number of nitrogens with zero attached hydrogens (tertiary/aromatic N) is 7. The summed E-state index contributed by atoms with van der Waals surface area (Å²) in [4.78, 5) is 53.7. The maximum Gasteiger partial charge on any atom is 0.427 e. The van der Waals surface area contributed by atoms with Crippen molar-refractivity contribution in [3.8, 4) is 34.1 Å². The molecule has 7 aromatic rings. The third-order valence-electron chi connectivity index (χ3n) is 13.1. The summed E-state index contributed by atoms with van der Waals surface area (Å²) >= 11 is 0. The molecule has 3 atom stereocenters. The first kappa shape index (κ1) is 40.0. The third-order valence-corrected chi connectivity index (χ3v) is 13.1. The second-order valence-electron chi connectivity index (χ2n) is 16.8. The minimum absolute atomic E-state index is 0.0405. The molecule has 0 spiro atoms. The number of imidazole rings is 1. The zero-order valence-electron chi connectivity index (χ0n) is 35.6. The van der Waals surface area contributed by atoms with Crippen molar-refractivity contribution in [3.63, 3.8) is 0 Å². The van der Waals surface area contributed by atoms with Gasteiger partial charge in [0.1, 0.15) is 23.5 Å². The molecule has 2 aliphatic heterocycles. The lowest BCUT2D eigenvalue weighted by Crippen LogP contribution is -2.49. The second kappa shape index (κ2) is 14.8. The molecular formula is C47H45F2N9O5.